The maximum Gasteiger partial charge on any atom is 0.262 e. The first-order chi connectivity index (χ1) is 10.6. The van der Waals surface area contributed by atoms with E-state index in [4.69, 9.17) is 5.73 Å². The third kappa shape index (κ3) is 3.09. The molecule has 3 rings (SSSR count). The van der Waals surface area contributed by atoms with E-state index in [1.807, 2.05) is 0 Å². The van der Waals surface area contributed by atoms with Crippen LogP contribution in [0.2, 0.25) is 0 Å². The van der Waals surface area contributed by atoms with E-state index >= 15 is 0 Å². The second-order valence-corrected chi connectivity index (χ2v) is 5.71. The Kier molecular flexibility index (Phi) is 5.38. The second-order valence-electron chi connectivity index (χ2n) is 5.71. The minimum Gasteiger partial charge on any atom is -0.337 e. The second kappa shape index (κ2) is 7.10. The molecule has 0 bridgehead atoms. The number of piperidine rings is 1. The van der Waals surface area contributed by atoms with Gasteiger partial charge < -0.3 is 10.6 Å². The van der Waals surface area contributed by atoms with Crippen LogP contribution in [0.15, 0.2) is 24.3 Å². The summed E-state index contributed by atoms with van der Waals surface area (Å²) in [6.45, 7) is 0.848. The highest BCUT2D eigenvalue weighted by atomic mass is 35.5. The van der Waals surface area contributed by atoms with E-state index in [1.54, 1.807) is 29.2 Å². The van der Waals surface area contributed by atoms with Crippen molar-refractivity contribution >= 4 is 30.1 Å². The molecule has 1 saturated heterocycles. The van der Waals surface area contributed by atoms with Gasteiger partial charge >= 0.3 is 0 Å². The summed E-state index contributed by atoms with van der Waals surface area (Å²) >= 11 is 0. The highest BCUT2D eigenvalue weighted by Crippen LogP contribution is 2.23. The first kappa shape index (κ1) is 17.4. The number of rotatable bonds is 3. The van der Waals surface area contributed by atoms with Crippen molar-refractivity contribution in [3.8, 4) is 0 Å². The zero-order valence-corrected chi connectivity index (χ0v) is 13.6. The van der Waals surface area contributed by atoms with Gasteiger partial charge in [0.05, 0.1) is 11.1 Å². The van der Waals surface area contributed by atoms with Gasteiger partial charge in [0.1, 0.15) is 6.54 Å². The summed E-state index contributed by atoms with van der Waals surface area (Å²) in [6.07, 6.45) is 2.87. The monoisotopic (exact) mass is 337 g/mol. The van der Waals surface area contributed by atoms with Crippen LogP contribution in [-0.4, -0.2) is 53.2 Å². The number of hydrogen-bond donors (Lipinski definition) is 1. The number of carbonyl (C=O) groups is 3. The molecule has 2 N–H and O–H groups in total. The molecule has 7 heteroatoms. The number of imide groups is 1. The number of amides is 3. The van der Waals surface area contributed by atoms with E-state index in [-0.39, 0.29) is 30.9 Å². The Balaban J connectivity index is 0.00000192. The number of fused-ring (bicyclic) bond motifs is 1. The third-order valence-corrected chi connectivity index (χ3v) is 4.39. The lowest BCUT2D eigenvalue weighted by atomic mass is 10.0. The average Bonchev–Trinajstić information content (AvgIpc) is 2.80. The summed E-state index contributed by atoms with van der Waals surface area (Å²) in [5.74, 6) is -0.991. The molecule has 23 heavy (non-hydrogen) atoms. The Morgan fingerprint density at radius 1 is 1.13 bits per heavy atom. The van der Waals surface area contributed by atoms with Crippen molar-refractivity contribution in [3.05, 3.63) is 35.4 Å². The Morgan fingerprint density at radius 3 is 2.30 bits per heavy atom. The van der Waals surface area contributed by atoms with Crippen LogP contribution < -0.4 is 5.73 Å². The topological polar surface area (TPSA) is 83.7 Å². The molecular formula is C16H20ClN3O3. The number of hydrogen-bond acceptors (Lipinski definition) is 4. The van der Waals surface area contributed by atoms with Crippen LogP contribution in [0, 0.1) is 0 Å². The molecule has 0 saturated carbocycles. The molecule has 0 aliphatic carbocycles. The average molecular weight is 338 g/mol. The molecular weight excluding hydrogens is 318 g/mol. The van der Waals surface area contributed by atoms with E-state index < -0.39 is 11.8 Å². The summed E-state index contributed by atoms with van der Waals surface area (Å²) in [5.41, 5.74) is 6.46. The molecule has 0 spiro atoms. The van der Waals surface area contributed by atoms with Gasteiger partial charge in [0, 0.05) is 19.1 Å². The minimum atomic E-state index is -0.393. The van der Waals surface area contributed by atoms with E-state index in [2.05, 4.69) is 0 Å². The SMILES string of the molecule is Cl.NCC1CCCCN1C(=O)CN1C(=O)c2ccccc2C1=O. The quantitative estimate of drug-likeness (QED) is 0.835. The Labute approximate surface area is 141 Å². The Morgan fingerprint density at radius 2 is 1.74 bits per heavy atom. The highest BCUT2D eigenvalue weighted by Gasteiger charge is 2.38. The zero-order valence-electron chi connectivity index (χ0n) is 12.7. The van der Waals surface area contributed by atoms with Crippen molar-refractivity contribution in [1.29, 1.82) is 0 Å². The van der Waals surface area contributed by atoms with E-state index in [0.29, 0.717) is 24.2 Å². The maximum absolute atomic E-state index is 12.5. The lowest BCUT2D eigenvalue weighted by Gasteiger charge is -2.35. The molecule has 0 aromatic heterocycles. The van der Waals surface area contributed by atoms with Gasteiger partial charge in [-0.15, -0.1) is 12.4 Å². The van der Waals surface area contributed by atoms with Gasteiger partial charge in [-0.25, -0.2) is 0 Å². The standard InChI is InChI=1S/C16H19N3O3.ClH/c17-9-11-5-3-4-8-18(11)14(20)10-19-15(21)12-6-1-2-7-13(12)16(19)22;/h1-2,6-7,11H,3-5,8-10,17H2;1H. The van der Waals surface area contributed by atoms with Gasteiger partial charge in [-0.1, -0.05) is 12.1 Å². The number of nitrogens with zero attached hydrogens (tertiary/aromatic N) is 2. The molecule has 124 valence electrons. The molecule has 1 fully saturated rings. The van der Waals surface area contributed by atoms with Crippen molar-refractivity contribution in [2.75, 3.05) is 19.6 Å². The smallest absolute Gasteiger partial charge is 0.262 e. The summed E-state index contributed by atoms with van der Waals surface area (Å²) < 4.78 is 0. The summed E-state index contributed by atoms with van der Waals surface area (Å²) in [5, 5.41) is 0. The number of halogens is 1. The van der Waals surface area contributed by atoms with Crippen molar-refractivity contribution in [3.63, 3.8) is 0 Å². The number of benzene rings is 1. The van der Waals surface area contributed by atoms with Crippen LogP contribution in [0.4, 0.5) is 0 Å². The van der Waals surface area contributed by atoms with Crippen molar-refractivity contribution < 1.29 is 14.4 Å². The van der Waals surface area contributed by atoms with Crippen LogP contribution in [0.1, 0.15) is 40.0 Å². The minimum absolute atomic E-state index is 0. The zero-order chi connectivity index (χ0) is 15.7. The van der Waals surface area contributed by atoms with Gasteiger partial charge in [0.15, 0.2) is 0 Å². The number of nitrogens with two attached hydrogens (primary N) is 1. The normalized spacial score (nSPS) is 20.3. The van der Waals surface area contributed by atoms with Crippen LogP contribution >= 0.6 is 12.4 Å². The summed E-state index contributed by atoms with van der Waals surface area (Å²) in [6, 6.07) is 6.67. The fraction of sp³-hybridized carbons (Fsp3) is 0.438. The van der Waals surface area contributed by atoms with Gasteiger partial charge in [0.25, 0.3) is 11.8 Å². The summed E-state index contributed by atoms with van der Waals surface area (Å²) in [4.78, 5) is 39.8. The predicted octanol–water partition coefficient (Wildman–Crippen LogP) is 1.04. The molecule has 1 aromatic carbocycles. The predicted molar refractivity (Wildman–Crippen MR) is 87.5 cm³/mol. The summed E-state index contributed by atoms with van der Waals surface area (Å²) in [7, 11) is 0. The first-order valence-electron chi connectivity index (χ1n) is 7.58. The maximum atomic E-state index is 12.5. The highest BCUT2D eigenvalue weighted by molar-refractivity contribution is 6.22. The molecule has 6 nitrogen and oxygen atoms in total. The van der Waals surface area contributed by atoms with Crippen LogP contribution in [0.3, 0.4) is 0 Å². The third-order valence-electron chi connectivity index (χ3n) is 4.39. The lowest BCUT2D eigenvalue weighted by Crippen LogP contribution is -2.51. The van der Waals surface area contributed by atoms with Gasteiger partial charge in [-0.2, -0.15) is 0 Å². The molecule has 3 amide bonds. The van der Waals surface area contributed by atoms with Crippen LogP contribution in [-0.2, 0) is 4.79 Å². The number of likely N-dealkylation sites (tertiary alicyclic amines) is 1. The van der Waals surface area contributed by atoms with E-state index in [0.717, 1.165) is 24.2 Å². The molecule has 1 aromatic rings. The molecule has 0 radical (unpaired) electrons. The van der Waals surface area contributed by atoms with Gasteiger partial charge in [0.2, 0.25) is 5.91 Å². The molecule has 2 heterocycles. The fourth-order valence-corrected chi connectivity index (χ4v) is 3.18. The van der Waals surface area contributed by atoms with Gasteiger partial charge in [-0.05, 0) is 31.4 Å². The van der Waals surface area contributed by atoms with E-state index in [1.165, 1.54) is 0 Å². The van der Waals surface area contributed by atoms with Crippen molar-refractivity contribution in [1.82, 2.24) is 9.80 Å². The van der Waals surface area contributed by atoms with Crippen LogP contribution in [0.5, 0.6) is 0 Å². The molecule has 2 aliphatic heterocycles. The lowest BCUT2D eigenvalue weighted by molar-refractivity contribution is -0.134. The Hall–Kier alpha value is -1.92. The van der Waals surface area contributed by atoms with E-state index in [9.17, 15) is 14.4 Å². The molecule has 1 atom stereocenters. The largest absolute Gasteiger partial charge is 0.337 e. The Bertz CT molecular complexity index is 600. The van der Waals surface area contributed by atoms with Crippen LogP contribution in [0.25, 0.3) is 0 Å². The van der Waals surface area contributed by atoms with Crippen molar-refractivity contribution in [2.24, 2.45) is 5.73 Å². The number of carbonyl (C=O) groups excluding carboxylic acids is 3. The first-order valence-corrected chi connectivity index (χ1v) is 7.58. The molecule has 1 unspecified atom stereocenters. The van der Waals surface area contributed by atoms with Crippen molar-refractivity contribution in [2.45, 2.75) is 25.3 Å². The van der Waals surface area contributed by atoms with Gasteiger partial charge in [-0.3, -0.25) is 19.3 Å². The molecule has 2 aliphatic rings. The fourth-order valence-electron chi connectivity index (χ4n) is 3.18.